The number of thiazole rings is 1. The van der Waals surface area contributed by atoms with E-state index in [1.54, 1.807) is 5.38 Å². The van der Waals surface area contributed by atoms with Crippen LogP contribution in [-0.4, -0.2) is 23.0 Å². The van der Waals surface area contributed by atoms with Gasteiger partial charge in [0.05, 0.1) is 18.8 Å². The molecule has 1 saturated carbocycles. The second-order valence-electron chi connectivity index (χ2n) is 7.32. The number of ether oxygens (including phenoxy) is 1. The average Bonchev–Trinajstić information content (AvgIpc) is 3.38. The fraction of sp³-hybridized carbons (Fsp3) is 0.304. The van der Waals surface area contributed by atoms with Crippen LogP contribution in [0.4, 0.5) is 10.8 Å². The zero-order valence-electron chi connectivity index (χ0n) is 16.4. The zero-order valence-corrected chi connectivity index (χ0v) is 17.2. The third-order valence-corrected chi connectivity index (χ3v) is 5.96. The van der Waals surface area contributed by atoms with Gasteiger partial charge in [-0.3, -0.25) is 4.79 Å². The number of nitrogens with zero attached hydrogens (tertiary/aromatic N) is 1. The Morgan fingerprint density at radius 3 is 2.76 bits per heavy atom. The van der Waals surface area contributed by atoms with E-state index in [9.17, 15) is 4.79 Å². The molecule has 1 fully saturated rings. The van der Waals surface area contributed by atoms with Crippen LogP contribution < -0.4 is 10.6 Å². The first kappa shape index (κ1) is 19.6. The highest BCUT2D eigenvalue weighted by Crippen LogP contribution is 2.26. The molecule has 6 heteroatoms. The van der Waals surface area contributed by atoms with Crippen molar-refractivity contribution < 1.29 is 9.53 Å². The molecule has 29 heavy (non-hydrogen) atoms. The molecule has 2 aromatic carbocycles. The fourth-order valence-corrected chi connectivity index (χ4v) is 4.28. The number of aryl methyl sites for hydroxylation is 1. The van der Waals surface area contributed by atoms with E-state index in [-0.39, 0.29) is 18.1 Å². The van der Waals surface area contributed by atoms with Crippen molar-refractivity contribution in [2.24, 2.45) is 0 Å². The van der Waals surface area contributed by atoms with Gasteiger partial charge in [0.2, 0.25) is 0 Å². The first-order valence-corrected chi connectivity index (χ1v) is 10.8. The molecule has 150 valence electrons. The lowest BCUT2D eigenvalue weighted by Crippen LogP contribution is -2.41. The molecule has 0 unspecified atom stereocenters. The van der Waals surface area contributed by atoms with Crippen LogP contribution >= 0.6 is 11.3 Å². The Balaban J connectivity index is 1.34. The number of rotatable bonds is 7. The van der Waals surface area contributed by atoms with Gasteiger partial charge in [-0.05, 0) is 43.4 Å². The maximum atomic E-state index is 12.7. The number of hydrogen-bond acceptors (Lipinski definition) is 5. The number of anilines is 2. The second-order valence-corrected chi connectivity index (χ2v) is 8.18. The molecular weight excluding hydrogens is 382 g/mol. The lowest BCUT2D eigenvalue weighted by Gasteiger charge is -2.21. The molecule has 1 aromatic heterocycles. The van der Waals surface area contributed by atoms with Gasteiger partial charge in [0, 0.05) is 11.1 Å². The van der Waals surface area contributed by atoms with E-state index in [1.807, 2.05) is 49.4 Å². The average molecular weight is 408 g/mol. The smallest absolute Gasteiger partial charge is 0.271 e. The number of aromatic nitrogens is 1. The van der Waals surface area contributed by atoms with Crippen LogP contribution in [-0.2, 0) is 11.3 Å². The number of nitrogens with one attached hydrogen (secondary N) is 2. The van der Waals surface area contributed by atoms with E-state index >= 15 is 0 Å². The molecule has 2 N–H and O–H groups in total. The summed E-state index contributed by atoms with van der Waals surface area (Å²) in [6.45, 7) is 2.61. The molecule has 1 aliphatic rings. The Bertz CT molecular complexity index is 958. The monoisotopic (exact) mass is 407 g/mol. The van der Waals surface area contributed by atoms with Crippen molar-refractivity contribution in [3.05, 3.63) is 76.8 Å². The van der Waals surface area contributed by atoms with Gasteiger partial charge in [-0.15, -0.1) is 11.3 Å². The molecule has 3 aromatic rings. The van der Waals surface area contributed by atoms with Crippen molar-refractivity contribution >= 4 is 28.1 Å². The molecule has 4 rings (SSSR count). The highest BCUT2D eigenvalue weighted by atomic mass is 32.1. The molecule has 0 spiro atoms. The van der Waals surface area contributed by atoms with Crippen molar-refractivity contribution in [2.45, 2.75) is 44.9 Å². The first-order chi connectivity index (χ1) is 14.2. The van der Waals surface area contributed by atoms with E-state index in [2.05, 4.69) is 27.8 Å². The van der Waals surface area contributed by atoms with E-state index in [1.165, 1.54) is 11.3 Å². The maximum Gasteiger partial charge on any atom is 0.271 e. The van der Waals surface area contributed by atoms with E-state index in [0.717, 1.165) is 36.1 Å². The molecule has 5 nitrogen and oxygen atoms in total. The van der Waals surface area contributed by atoms with E-state index in [4.69, 9.17) is 4.74 Å². The van der Waals surface area contributed by atoms with Gasteiger partial charge >= 0.3 is 0 Å². The lowest BCUT2D eigenvalue weighted by atomic mass is 10.2. The molecule has 0 aliphatic heterocycles. The predicted molar refractivity (Wildman–Crippen MR) is 117 cm³/mol. The SMILES string of the molecule is Cc1ccccc1Nc1nc(C(=O)N[C@H]2CCC[C@@H]2OCc2ccccc2)cs1. The van der Waals surface area contributed by atoms with Crippen LogP contribution in [0.2, 0.25) is 0 Å². The zero-order chi connectivity index (χ0) is 20.1. The number of hydrogen-bond donors (Lipinski definition) is 2. The first-order valence-electron chi connectivity index (χ1n) is 9.93. The van der Waals surface area contributed by atoms with Crippen LogP contribution in [0.3, 0.4) is 0 Å². The molecule has 2 atom stereocenters. The van der Waals surface area contributed by atoms with Crippen molar-refractivity contribution in [3.63, 3.8) is 0 Å². The quantitative estimate of drug-likeness (QED) is 0.574. The predicted octanol–water partition coefficient (Wildman–Crippen LogP) is 5.06. The van der Waals surface area contributed by atoms with Crippen LogP contribution in [0.5, 0.6) is 0 Å². The summed E-state index contributed by atoms with van der Waals surface area (Å²) >= 11 is 1.43. The molecule has 0 bridgehead atoms. The molecule has 1 aliphatic carbocycles. The topological polar surface area (TPSA) is 63.2 Å². The van der Waals surface area contributed by atoms with Gasteiger partial charge in [-0.25, -0.2) is 4.98 Å². The number of carbonyl (C=O) groups excluding carboxylic acids is 1. The van der Waals surface area contributed by atoms with E-state index in [0.29, 0.717) is 17.4 Å². The van der Waals surface area contributed by atoms with Crippen LogP contribution in [0.1, 0.15) is 40.9 Å². The van der Waals surface area contributed by atoms with Gasteiger partial charge in [-0.1, -0.05) is 48.5 Å². The summed E-state index contributed by atoms with van der Waals surface area (Å²) < 4.78 is 6.09. The Morgan fingerprint density at radius 1 is 1.14 bits per heavy atom. The summed E-state index contributed by atoms with van der Waals surface area (Å²) in [5.41, 5.74) is 3.73. The summed E-state index contributed by atoms with van der Waals surface area (Å²) in [5.74, 6) is -0.140. The lowest BCUT2D eigenvalue weighted by molar-refractivity contribution is 0.0271. The molecule has 1 heterocycles. The number of para-hydroxylation sites is 1. The van der Waals surface area contributed by atoms with Crippen LogP contribution in [0.25, 0.3) is 0 Å². The van der Waals surface area contributed by atoms with Gasteiger partial charge in [-0.2, -0.15) is 0 Å². The van der Waals surface area contributed by atoms with Crippen molar-refractivity contribution in [3.8, 4) is 0 Å². The number of benzene rings is 2. The van der Waals surface area contributed by atoms with Gasteiger partial charge in [0.25, 0.3) is 5.91 Å². The Labute approximate surface area is 175 Å². The van der Waals surface area contributed by atoms with Crippen molar-refractivity contribution in [1.29, 1.82) is 0 Å². The van der Waals surface area contributed by atoms with Gasteiger partial charge in [0.1, 0.15) is 5.69 Å². The van der Waals surface area contributed by atoms with Crippen LogP contribution in [0.15, 0.2) is 60.0 Å². The highest BCUT2D eigenvalue weighted by Gasteiger charge is 2.30. The standard InChI is InChI=1S/C23H25N3O2S/c1-16-8-5-6-11-18(16)25-23-26-20(15-29-23)22(27)24-19-12-7-13-21(19)28-14-17-9-3-2-4-10-17/h2-6,8-11,15,19,21H,7,12-14H2,1H3,(H,24,27)(H,25,26)/t19-,21-/m0/s1. The largest absolute Gasteiger partial charge is 0.371 e. The molecular formula is C23H25N3O2S. The summed E-state index contributed by atoms with van der Waals surface area (Å²) in [5, 5.41) is 8.93. The van der Waals surface area contributed by atoms with E-state index < -0.39 is 0 Å². The normalized spacial score (nSPS) is 18.5. The highest BCUT2D eigenvalue weighted by molar-refractivity contribution is 7.14. The summed E-state index contributed by atoms with van der Waals surface area (Å²) in [4.78, 5) is 17.2. The van der Waals surface area contributed by atoms with Crippen LogP contribution in [0, 0.1) is 6.92 Å². The maximum absolute atomic E-state index is 12.7. The second kappa shape index (κ2) is 9.20. The molecule has 0 saturated heterocycles. The van der Waals surface area contributed by atoms with Gasteiger partial charge in [0.15, 0.2) is 5.13 Å². The molecule has 1 amide bonds. The minimum atomic E-state index is -0.140. The summed E-state index contributed by atoms with van der Waals surface area (Å²) in [6, 6.07) is 18.2. The van der Waals surface area contributed by atoms with Crippen molar-refractivity contribution in [1.82, 2.24) is 10.3 Å². The Kier molecular flexibility index (Phi) is 6.22. The number of amides is 1. The van der Waals surface area contributed by atoms with Gasteiger partial charge < -0.3 is 15.4 Å². The minimum absolute atomic E-state index is 0.0284. The Morgan fingerprint density at radius 2 is 1.93 bits per heavy atom. The summed E-state index contributed by atoms with van der Waals surface area (Å²) in [6.07, 6.45) is 3.00. The molecule has 0 radical (unpaired) electrons. The third kappa shape index (κ3) is 5.02. The Hall–Kier alpha value is -2.70. The minimum Gasteiger partial charge on any atom is -0.371 e. The van der Waals surface area contributed by atoms with Crippen molar-refractivity contribution in [2.75, 3.05) is 5.32 Å². The number of carbonyl (C=O) groups is 1. The summed E-state index contributed by atoms with van der Waals surface area (Å²) in [7, 11) is 0. The fourth-order valence-electron chi connectivity index (χ4n) is 3.57. The third-order valence-electron chi connectivity index (χ3n) is 5.20.